The fourth-order valence-corrected chi connectivity index (χ4v) is 3.35. The van der Waals surface area contributed by atoms with E-state index in [4.69, 9.17) is 4.74 Å². The number of hydrogen-bond acceptors (Lipinski definition) is 4. The number of alkyl halides is 3. The van der Waals surface area contributed by atoms with E-state index in [0.29, 0.717) is 19.6 Å². The maximum absolute atomic E-state index is 12.8. The number of halogens is 3. The summed E-state index contributed by atoms with van der Waals surface area (Å²) in [4.78, 5) is 15.6. The number of carbonyl (C=O) groups excluding carboxylic acids is 1. The van der Waals surface area contributed by atoms with E-state index in [9.17, 15) is 18.0 Å². The van der Waals surface area contributed by atoms with Gasteiger partial charge in [-0.1, -0.05) is 30.3 Å². The highest BCUT2D eigenvalue weighted by atomic mass is 19.4. The lowest BCUT2D eigenvalue weighted by Gasteiger charge is -2.22. The van der Waals surface area contributed by atoms with Crippen LogP contribution in [0.1, 0.15) is 39.0 Å². The zero-order chi connectivity index (χ0) is 21.1. The monoisotopic (exact) mass is 416 g/mol. The fourth-order valence-electron chi connectivity index (χ4n) is 3.35. The van der Waals surface area contributed by atoms with Gasteiger partial charge in [-0.15, -0.1) is 0 Å². The maximum Gasteiger partial charge on any atom is 0.433 e. The molecule has 0 saturated heterocycles. The third-order valence-corrected chi connectivity index (χ3v) is 4.81. The Bertz CT molecular complexity index is 1030. The lowest BCUT2D eigenvalue weighted by atomic mass is 10.1. The summed E-state index contributed by atoms with van der Waals surface area (Å²) in [6.07, 6.45) is -1.41. The van der Waals surface area contributed by atoms with Crippen molar-refractivity contribution in [2.75, 3.05) is 13.2 Å². The fraction of sp³-hybridized carbons (Fsp3) is 0.286. The average molecular weight is 416 g/mol. The van der Waals surface area contributed by atoms with Gasteiger partial charge in [0.25, 0.3) is 5.91 Å². The van der Waals surface area contributed by atoms with E-state index < -0.39 is 23.9 Å². The normalized spacial score (nSPS) is 16.2. The Morgan fingerprint density at radius 3 is 2.80 bits per heavy atom. The van der Waals surface area contributed by atoms with Crippen molar-refractivity contribution in [3.8, 4) is 0 Å². The van der Waals surface area contributed by atoms with E-state index in [1.807, 2.05) is 41.2 Å². The number of hydrogen-bond donors (Lipinski definition) is 1. The minimum Gasteiger partial charge on any atom is -0.370 e. The largest absolute Gasteiger partial charge is 0.433 e. The molecular formula is C21H19F3N4O2. The summed E-state index contributed by atoms with van der Waals surface area (Å²) >= 11 is 0. The molecule has 0 unspecified atom stereocenters. The highest BCUT2D eigenvalue weighted by Crippen LogP contribution is 2.28. The number of rotatable bonds is 5. The van der Waals surface area contributed by atoms with Gasteiger partial charge in [0, 0.05) is 24.5 Å². The zero-order valence-electron chi connectivity index (χ0n) is 15.9. The standard InChI is InChI=1S/C21H19F3N4O2/c22-21(23,24)18-10-15(6-8-25-18)20(29)26-11-17-19-16(7-9-30-17)13-28(27-19)12-14-4-2-1-3-5-14/h1-6,8,10,13,17H,7,9,11-12H2,(H,26,29)/t17-/m1/s1. The second-order valence-electron chi connectivity index (χ2n) is 6.97. The van der Waals surface area contributed by atoms with E-state index in [1.165, 1.54) is 6.07 Å². The molecule has 3 heterocycles. The van der Waals surface area contributed by atoms with Gasteiger partial charge in [0.15, 0.2) is 0 Å². The van der Waals surface area contributed by atoms with Crippen molar-refractivity contribution in [3.05, 3.63) is 82.9 Å². The molecule has 3 aromatic rings. The average Bonchev–Trinajstić information content (AvgIpc) is 3.15. The minimum absolute atomic E-state index is 0.108. The molecule has 156 valence electrons. The van der Waals surface area contributed by atoms with Crippen LogP contribution >= 0.6 is 0 Å². The molecule has 0 saturated carbocycles. The molecule has 0 radical (unpaired) electrons. The second-order valence-corrected chi connectivity index (χ2v) is 6.97. The predicted octanol–water partition coefficient (Wildman–Crippen LogP) is 3.39. The van der Waals surface area contributed by atoms with Crippen molar-refractivity contribution >= 4 is 5.91 Å². The topological polar surface area (TPSA) is 69.0 Å². The molecule has 1 aliphatic rings. The Hall–Kier alpha value is -3.20. The third-order valence-electron chi connectivity index (χ3n) is 4.81. The molecule has 0 fully saturated rings. The van der Waals surface area contributed by atoms with E-state index in [1.54, 1.807) is 0 Å². The Kier molecular flexibility index (Phi) is 5.54. The van der Waals surface area contributed by atoms with Gasteiger partial charge in [-0.05, 0) is 29.7 Å². The predicted molar refractivity (Wildman–Crippen MR) is 102 cm³/mol. The molecule has 1 aromatic carbocycles. The van der Waals surface area contributed by atoms with Crippen LogP contribution in [-0.4, -0.2) is 33.8 Å². The number of ether oxygens (including phenoxy) is 1. The number of carbonyl (C=O) groups is 1. The lowest BCUT2D eigenvalue weighted by molar-refractivity contribution is -0.141. The highest BCUT2D eigenvalue weighted by Gasteiger charge is 2.33. The van der Waals surface area contributed by atoms with Crippen molar-refractivity contribution in [1.29, 1.82) is 0 Å². The zero-order valence-corrected chi connectivity index (χ0v) is 15.9. The van der Waals surface area contributed by atoms with Crippen molar-refractivity contribution < 1.29 is 22.7 Å². The van der Waals surface area contributed by atoms with Gasteiger partial charge in [0.05, 0.1) is 18.8 Å². The van der Waals surface area contributed by atoms with Crippen LogP contribution in [0.2, 0.25) is 0 Å². The first-order valence-electron chi connectivity index (χ1n) is 9.43. The first-order chi connectivity index (χ1) is 14.4. The smallest absolute Gasteiger partial charge is 0.370 e. The molecule has 1 atom stereocenters. The van der Waals surface area contributed by atoms with Crippen molar-refractivity contribution in [2.24, 2.45) is 0 Å². The van der Waals surface area contributed by atoms with E-state index >= 15 is 0 Å². The van der Waals surface area contributed by atoms with Gasteiger partial charge >= 0.3 is 6.18 Å². The van der Waals surface area contributed by atoms with Crippen LogP contribution in [0.3, 0.4) is 0 Å². The lowest BCUT2D eigenvalue weighted by Crippen LogP contribution is -2.32. The molecule has 2 aromatic heterocycles. The molecule has 9 heteroatoms. The maximum atomic E-state index is 12.8. The number of amides is 1. The summed E-state index contributed by atoms with van der Waals surface area (Å²) in [6, 6.07) is 11.9. The summed E-state index contributed by atoms with van der Waals surface area (Å²) in [5, 5.41) is 7.25. The Morgan fingerprint density at radius 1 is 1.23 bits per heavy atom. The van der Waals surface area contributed by atoms with Crippen molar-refractivity contribution in [2.45, 2.75) is 25.2 Å². The van der Waals surface area contributed by atoms with Gasteiger partial charge in [0.1, 0.15) is 11.8 Å². The van der Waals surface area contributed by atoms with Gasteiger partial charge in [-0.2, -0.15) is 18.3 Å². The summed E-state index contributed by atoms with van der Waals surface area (Å²) in [7, 11) is 0. The molecule has 4 rings (SSSR count). The molecular weight excluding hydrogens is 397 g/mol. The number of aromatic nitrogens is 3. The van der Waals surface area contributed by atoms with Crippen LogP contribution in [0.25, 0.3) is 0 Å². The Balaban J connectivity index is 1.44. The van der Waals surface area contributed by atoms with Crippen LogP contribution in [-0.2, 0) is 23.9 Å². The minimum atomic E-state index is -4.61. The second kappa shape index (κ2) is 8.27. The van der Waals surface area contributed by atoms with Crippen LogP contribution in [0.5, 0.6) is 0 Å². The van der Waals surface area contributed by atoms with Crippen LogP contribution < -0.4 is 5.32 Å². The molecule has 1 aliphatic heterocycles. The molecule has 1 N–H and O–H groups in total. The molecule has 1 amide bonds. The highest BCUT2D eigenvalue weighted by molar-refractivity contribution is 5.94. The number of nitrogens with one attached hydrogen (secondary N) is 1. The Labute approximate surface area is 170 Å². The van der Waals surface area contributed by atoms with Gasteiger partial charge < -0.3 is 10.1 Å². The Morgan fingerprint density at radius 2 is 2.03 bits per heavy atom. The number of pyridine rings is 1. The molecule has 0 bridgehead atoms. The van der Waals surface area contributed by atoms with Gasteiger partial charge in [-0.25, -0.2) is 0 Å². The summed E-state index contributed by atoms with van der Waals surface area (Å²) in [6.45, 7) is 1.21. The first-order valence-corrected chi connectivity index (χ1v) is 9.43. The van der Waals surface area contributed by atoms with Crippen LogP contribution in [0.4, 0.5) is 13.2 Å². The van der Waals surface area contributed by atoms with Gasteiger partial charge in [-0.3, -0.25) is 14.5 Å². The van der Waals surface area contributed by atoms with Crippen molar-refractivity contribution in [1.82, 2.24) is 20.1 Å². The number of fused-ring (bicyclic) bond motifs is 1. The SMILES string of the molecule is O=C(NC[C@H]1OCCc2cn(Cc3ccccc3)nc21)c1ccnc(C(F)(F)F)c1. The third kappa shape index (κ3) is 4.51. The van der Waals surface area contributed by atoms with Gasteiger partial charge in [0.2, 0.25) is 0 Å². The number of benzene rings is 1. The van der Waals surface area contributed by atoms with E-state index in [-0.39, 0.29) is 12.1 Å². The summed E-state index contributed by atoms with van der Waals surface area (Å²) in [5.41, 5.74) is 1.68. The molecule has 0 spiro atoms. The first kappa shape index (κ1) is 20.1. The molecule has 0 aliphatic carbocycles. The van der Waals surface area contributed by atoms with Crippen LogP contribution in [0, 0.1) is 0 Å². The van der Waals surface area contributed by atoms with Crippen molar-refractivity contribution in [3.63, 3.8) is 0 Å². The molecule has 30 heavy (non-hydrogen) atoms. The van der Waals surface area contributed by atoms with E-state index in [0.717, 1.165) is 29.1 Å². The van der Waals surface area contributed by atoms with Crippen LogP contribution in [0.15, 0.2) is 54.9 Å². The molecule has 6 nitrogen and oxygen atoms in total. The summed E-state index contributed by atoms with van der Waals surface area (Å²) in [5.74, 6) is -0.623. The quantitative estimate of drug-likeness (QED) is 0.692. The number of nitrogens with zero attached hydrogens (tertiary/aromatic N) is 3. The van der Waals surface area contributed by atoms with E-state index in [2.05, 4.69) is 15.4 Å². The summed E-state index contributed by atoms with van der Waals surface area (Å²) < 4.78 is 46.0.